The first kappa shape index (κ1) is 16.0. The van der Waals surface area contributed by atoms with Gasteiger partial charge < -0.3 is 4.74 Å². The lowest BCUT2D eigenvalue weighted by Gasteiger charge is -2.40. The summed E-state index contributed by atoms with van der Waals surface area (Å²) in [6.07, 6.45) is 1.30. The van der Waals surface area contributed by atoms with Gasteiger partial charge in [0.15, 0.2) is 0 Å². The Bertz CT molecular complexity index is 593. The molecule has 6 heteroatoms. The Morgan fingerprint density at radius 2 is 1.90 bits per heavy atom. The molecule has 0 bridgehead atoms. The van der Waals surface area contributed by atoms with Crippen LogP contribution in [-0.2, 0) is 26.0 Å². The van der Waals surface area contributed by atoms with Gasteiger partial charge in [-0.15, -0.1) is 0 Å². The summed E-state index contributed by atoms with van der Waals surface area (Å²) in [7, 11) is -0.344. The number of sulfonamides is 1. The largest absolute Gasteiger partial charge is 0.469 e. The molecule has 0 spiro atoms. The molecule has 1 aromatic carbocycles. The summed E-state index contributed by atoms with van der Waals surface area (Å²) in [6, 6.07) is 9.42. The maximum atomic E-state index is 12.5. The molecule has 1 atom stereocenters. The third-order valence-corrected chi connectivity index (χ3v) is 6.74. The fraction of sp³-hybridized carbons (Fsp3) is 0.533. The van der Waals surface area contributed by atoms with Gasteiger partial charge in [0.25, 0.3) is 10.0 Å². The zero-order chi connectivity index (χ0) is 15.5. The van der Waals surface area contributed by atoms with Gasteiger partial charge in [-0.05, 0) is 12.0 Å². The molecule has 1 unspecified atom stereocenters. The summed E-state index contributed by atoms with van der Waals surface area (Å²) in [5.41, 5.74) is 0.939. The van der Waals surface area contributed by atoms with Crippen molar-refractivity contribution < 1.29 is 21.8 Å². The molecule has 1 aliphatic rings. The van der Waals surface area contributed by atoms with E-state index in [2.05, 4.69) is 0 Å². The van der Waals surface area contributed by atoms with Gasteiger partial charge in [-0.2, -0.15) is 8.42 Å². The molecule has 0 radical (unpaired) electrons. The number of carbonyl (C=O) groups is 1. The summed E-state index contributed by atoms with van der Waals surface area (Å²) >= 11 is 0. The highest BCUT2D eigenvalue weighted by Crippen LogP contribution is 2.26. The van der Waals surface area contributed by atoms with Gasteiger partial charge in [0, 0.05) is 6.42 Å². The molecule has 5 nitrogen and oxygen atoms in total. The SMILES string of the molecule is COC(=O)C(Cc1ccccc1)CS(=O)(=O)[N+]1(C)CCC1. The Morgan fingerprint density at radius 1 is 1.29 bits per heavy atom. The molecule has 0 amide bonds. The minimum absolute atomic E-state index is 0.0370. The summed E-state index contributed by atoms with van der Waals surface area (Å²) in [6.45, 7) is 1.25. The van der Waals surface area contributed by atoms with Gasteiger partial charge in [0.2, 0.25) is 0 Å². The molecule has 1 fully saturated rings. The maximum Gasteiger partial charge on any atom is 0.310 e. The van der Waals surface area contributed by atoms with E-state index in [1.807, 2.05) is 30.3 Å². The van der Waals surface area contributed by atoms with Gasteiger partial charge in [0.05, 0.1) is 33.2 Å². The summed E-state index contributed by atoms with van der Waals surface area (Å²) in [5, 5.41) is 0. The van der Waals surface area contributed by atoms with Crippen LogP contribution in [0.3, 0.4) is 0 Å². The van der Waals surface area contributed by atoms with Crippen molar-refractivity contribution in [2.75, 3.05) is 33.0 Å². The Hall–Kier alpha value is -1.40. The third kappa shape index (κ3) is 3.44. The molecule has 1 heterocycles. The van der Waals surface area contributed by atoms with Crippen LogP contribution in [0.4, 0.5) is 0 Å². The molecular weight excluding hydrogens is 290 g/mol. The average molecular weight is 312 g/mol. The Balaban J connectivity index is 2.15. The second-order valence-electron chi connectivity index (χ2n) is 5.76. The van der Waals surface area contributed by atoms with Crippen LogP contribution in [0.5, 0.6) is 0 Å². The van der Waals surface area contributed by atoms with Crippen molar-refractivity contribution in [3.8, 4) is 0 Å². The van der Waals surface area contributed by atoms with Crippen LogP contribution in [-0.4, -0.2) is 51.3 Å². The van der Waals surface area contributed by atoms with E-state index in [0.717, 1.165) is 12.0 Å². The fourth-order valence-electron chi connectivity index (χ4n) is 2.59. The minimum Gasteiger partial charge on any atom is -0.469 e. The smallest absolute Gasteiger partial charge is 0.310 e. The normalized spacial score (nSPS) is 18.6. The first-order valence-electron chi connectivity index (χ1n) is 7.07. The van der Waals surface area contributed by atoms with Gasteiger partial charge in [0.1, 0.15) is 5.75 Å². The van der Waals surface area contributed by atoms with Crippen molar-refractivity contribution in [3.63, 3.8) is 0 Å². The highest BCUT2D eigenvalue weighted by atomic mass is 32.2. The average Bonchev–Trinajstić information content (AvgIpc) is 2.44. The monoisotopic (exact) mass is 312 g/mol. The summed E-state index contributed by atoms with van der Waals surface area (Å²) < 4.78 is 29.9. The molecule has 0 N–H and O–H groups in total. The number of carbonyl (C=O) groups excluding carboxylic acids is 1. The zero-order valence-electron chi connectivity index (χ0n) is 12.5. The fourth-order valence-corrected chi connectivity index (χ4v) is 4.53. The van der Waals surface area contributed by atoms with Crippen molar-refractivity contribution in [1.29, 1.82) is 0 Å². The van der Waals surface area contributed by atoms with Crippen molar-refractivity contribution in [3.05, 3.63) is 35.9 Å². The number of benzene rings is 1. The molecule has 0 aromatic heterocycles. The van der Waals surface area contributed by atoms with Crippen molar-refractivity contribution in [2.45, 2.75) is 12.8 Å². The molecule has 0 saturated carbocycles. The zero-order valence-corrected chi connectivity index (χ0v) is 13.3. The molecule has 2 rings (SSSR count). The van der Waals surface area contributed by atoms with E-state index in [4.69, 9.17) is 4.74 Å². The highest BCUT2D eigenvalue weighted by molar-refractivity contribution is 7.85. The number of likely N-dealkylation sites (tertiary alicyclic amines) is 1. The first-order valence-corrected chi connectivity index (χ1v) is 8.68. The predicted molar refractivity (Wildman–Crippen MR) is 80.0 cm³/mol. The molecule has 21 heavy (non-hydrogen) atoms. The number of hydrogen-bond donors (Lipinski definition) is 0. The first-order chi connectivity index (χ1) is 9.88. The highest BCUT2D eigenvalue weighted by Gasteiger charge is 2.45. The van der Waals surface area contributed by atoms with Gasteiger partial charge >= 0.3 is 5.97 Å². The minimum atomic E-state index is -3.36. The maximum absolute atomic E-state index is 12.5. The van der Waals surface area contributed by atoms with Crippen molar-refractivity contribution in [1.82, 2.24) is 0 Å². The van der Waals surface area contributed by atoms with E-state index in [1.54, 1.807) is 7.05 Å². The number of methoxy groups -OCH3 is 1. The molecule has 0 aliphatic carbocycles. The Kier molecular flexibility index (Phi) is 4.68. The lowest BCUT2D eigenvalue weighted by atomic mass is 10.0. The summed E-state index contributed by atoms with van der Waals surface area (Å²) in [4.78, 5) is 11.9. The van der Waals surface area contributed by atoms with Crippen LogP contribution in [0.15, 0.2) is 30.3 Å². The second-order valence-corrected chi connectivity index (χ2v) is 8.13. The molecule has 1 aliphatic heterocycles. The third-order valence-electron chi connectivity index (χ3n) is 4.21. The Labute approximate surface area is 126 Å². The van der Waals surface area contributed by atoms with E-state index in [0.29, 0.717) is 19.5 Å². The van der Waals surface area contributed by atoms with Crippen LogP contribution in [0.2, 0.25) is 0 Å². The lowest BCUT2D eigenvalue weighted by molar-refractivity contribution is -0.827. The number of hydrogen-bond acceptors (Lipinski definition) is 4. The number of rotatable bonds is 6. The lowest BCUT2D eigenvalue weighted by Crippen LogP contribution is -2.59. The molecule has 116 valence electrons. The number of nitrogens with zero attached hydrogens (tertiary/aromatic N) is 1. The van der Waals surface area contributed by atoms with Crippen molar-refractivity contribution >= 4 is 16.0 Å². The van der Waals surface area contributed by atoms with Crippen LogP contribution in [0, 0.1) is 5.92 Å². The standard InChI is InChI=1S/C15H22NO4S/c1-16(9-6-10-16)21(18,19)12-14(15(17)20-2)11-13-7-4-3-5-8-13/h3-5,7-8,14H,6,9-12H2,1-2H3/q+1. The number of ether oxygens (including phenoxy) is 1. The summed E-state index contributed by atoms with van der Waals surface area (Å²) in [5.74, 6) is -1.28. The topological polar surface area (TPSA) is 60.4 Å². The van der Waals surface area contributed by atoms with Gasteiger partial charge in [-0.25, -0.2) is 3.89 Å². The van der Waals surface area contributed by atoms with Crippen LogP contribution in [0.1, 0.15) is 12.0 Å². The predicted octanol–water partition coefficient (Wildman–Crippen LogP) is 1.20. The van der Waals surface area contributed by atoms with Gasteiger partial charge in [-0.1, -0.05) is 30.3 Å². The number of quaternary nitrogens is 1. The van der Waals surface area contributed by atoms with Crippen LogP contribution < -0.4 is 0 Å². The van der Waals surface area contributed by atoms with Gasteiger partial charge in [-0.3, -0.25) is 4.79 Å². The molecule has 1 aromatic rings. The molecular formula is C15H22NO4S+. The second kappa shape index (κ2) is 6.15. The molecule has 1 saturated heterocycles. The number of esters is 1. The van der Waals surface area contributed by atoms with E-state index in [1.165, 1.54) is 7.11 Å². The quantitative estimate of drug-likeness (QED) is 0.585. The van der Waals surface area contributed by atoms with E-state index >= 15 is 0 Å². The van der Waals surface area contributed by atoms with E-state index < -0.39 is 21.9 Å². The Morgan fingerprint density at radius 3 is 2.38 bits per heavy atom. The van der Waals surface area contributed by atoms with Crippen LogP contribution >= 0.6 is 0 Å². The van der Waals surface area contributed by atoms with E-state index in [9.17, 15) is 13.2 Å². The van der Waals surface area contributed by atoms with Crippen molar-refractivity contribution in [2.24, 2.45) is 5.92 Å². The van der Waals surface area contributed by atoms with Crippen LogP contribution in [0.25, 0.3) is 0 Å². The van der Waals surface area contributed by atoms with E-state index in [-0.39, 0.29) is 9.64 Å².